The number of para-hydroxylation sites is 2. The van der Waals surface area contributed by atoms with Crippen LogP contribution in [-0.4, -0.2) is 18.5 Å². The van der Waals surface area contributed by atoms with Crippen LogP contribution in [0, 0.1) is 0 Å². The lowest BCUT2D eigenvalue weighted by Crippen LogP contribution is -2.49. The van der Waals surface area contributed by atoms with Crippen LogP contribution in [0.15, 0.2) is 81.0 Å². The highest BCUT2D eigenvalue weighted by atomic mass is 79.9. The molecule has 2 N–H and O–H groups in total. The standard InChI is InChI=1S/C21H15BrClN3O3S/c22-13-9-10-17(14(23)11-13)29-12-20(27)24-25-21(28)26-15-5-1-3-7-18(15)30-19-8-4-2-6-16(19)26/h1-11H,12H2,(H,24,27)(H,25,28). The smallest absolute Gasteiger partial charge is 0.345 e. The molecule has 152 valence electrons. The zero-order valence-corrected chi connectivity index (χ0v) is 18.6. The van der Waals surface area contributed by atoms with Gasteiger partial charge in [0, 0.05) is 14.3 Å². The highest BCUT2D eigenvalue weighted by molar-refractivity contribution is 9.10. The molecule has 0 atom stereocenters. The van der Waals surface area contributed by atoms with Crippen molar-refractivity contribution in [2.75, 3.05) is 11.5 Å². The van der Waals surface area contributed by atoms with Gasteiger partial charge in [0.1, 0.15) is 5.75 Å². The first kappa shape index (κ1) is 20.6. The topological polar surface area (TPSA) is 70.7 Å². The van der Waals surface area contributed by atoms with Crippen LogP contribution in [-0.2, 0) is 4.79 Å². The summed E-state index contributed by atoms with van der Waals surface area (Å²) in [5, 5.41) is 0.375. The number of anilines is 2. The predicted molar refractivity (Wildman–Crippen MR) is 120 cm³/mol. The van der Waals surface area contributed by atoms with E-state index in [-0.39, 0.29) is 6.61 Å². The van der Waals surface area contributed by atoms with Crippen molar-refractivity contribution in [2.45, 2.75) is 9.79 Å². The van der Waals surface area contributed by atoms with Gasteiger partial charge in [-0.05, 0) is 42.5 Å². The molecule has 3 amide bonds. The molecule has 0 bridgehead atoms. The Morgan fingerprint density at radius 3 is 2.23 bits per heavy atom. The van der Waals surface area contributed by atoms with Crippen molar-refractivity contribution in [3.63, 3.8) is 0 Å². The van der Waals surface area contributed by atoms with Crippen LogP contribution in [0.4, 0.5) is 16.2 Å². The van der Waals surface area contributed by atoms with E-state index in [9.17, 15) is 9.59 Å². The molecule has 1 aliphatic heterocycles. The lowest BCUT2D eigenvalue weighted by molar-refractivity contribution is -0.123. The van der Waals surface area contributed by atoms with E-state index in [1.54, 1.807) is 30.0 Å². The number of benzene rings is 3. The monoisotopic (exact) mass is 503 g/mol. The Morgan fingerprint density at radius 2 is 1.60 bits per heavy atom. The molecule has 0 aliphatic carbocycles. The van der Waals surface area contributed by atoms with E-state index < -0.39 is 11.9 Å². The summed E-state index contributed by atoms with van der Waals surface area (Å²) in [5.41, 5.74) is 6.31. The van der Waals surface area contributed by atoms with Crippen molar-refractivity contribution < 1.29 is 14.3 Å². The van der Waals surface area contributed by atoms with Gasteiger partial charge in [-0.1, -0.05) is 63.6 Å². The molecular formula is C21H15BrClN3O3S. The molecule has 0 aromatic heterocycles. The highest BCUT2D eigenvalue weighted by Gasteiger charge is 2.28. The second kappa shape index (κ2) is 8.99. The van der Waals surface area contributed by atoms with E-state index in [4.69, 9.17) is 16.3 Å². The number of halogens is 2. The molecule has 9 heteroatoms. The zero-order chi connectivity index (χ0) is 21.1. The molecule has 0 saturated heterocycles. The largest absolute Gasteiger partial charge is 0.482 e. The van der Waals surface area contributed by atoms with Gasteiger partial charge in [0.15, 0.2) is 6.61 Å². The Hall–Kier alpha value is -2.68. The van der Waals surface area contributed by atoms with Crippen LogP contribution in [0.3, 0.4) is 0 Å². The maximum absolute atomic E-state index is 12.9. The average Bonchev–Trinajstić information content (AvgIpc) is 2.75. The van der Waals surface area contributed by atoms with E-state index in [1.165, 1.54) is 4.90 Å². The van der Waals surface area contributed by atoms with E-state index in [1.807, 2.05) is 48.5 Å². The number of ether oxygens (including phenoxy) is 1. The molecule has 30 heavy (non-hydrogen) atoms. The van der Waals surface area contributed by atoms with Gasteiger partial charge in [-0.3, -0.25) is 15.1 Å². The van der Waals surface area contributed by atoms with Crippen LogP contribution in [0.25, 0.3) is 0 Å². The first-order chi connectivity index (χ1) is 14.5. The van der Waals surface area contributed by atoms with E-state index in [0.29, 0.717) is 10.8 Å². The average molecular weight is 505 g/mol. The van der Waals surface area contributed by atoms with Crippen LogP contribution >= 0.6 is 39.3 Å². The molecule has 6 nitrogen and oxygen atoms in total. The number of amides is 3. The normalized spacial score (nSPS) is 11.9. The molecule has 1 heterocycles. The molecular weight excluding hydrogens is 490 g/mol. The third-order valence-electron chi connectivity index (χ3n) is 4.20. The van der Waals surface area contributed by atoms with Gasteiger partial charge in [0.05, 0.1) is 16.4 Å². The Bertz CT molecular complexity index is 1080. The van der Waals surface area contributed by atoms with Crippen molar-refractivity contribution >= 4 is 62.6 Å². The Morgan fingerprint density at radius 1 is 0.967 bits per heavy atom. The molecule has 3 aromatic carbocycles. The van der Waals surface area contributed by atoms with Gasteiger partial charge >= 0.3 is 6.03 Å². The van der Waals surface area contributed by atoms with E-state index in [0.717, 1.165) is 25.6 Å². The fourth-order valence-electron chi connectivity index (χ4n) is 2.87. The minimum atomic E-state index is -0.518. The SMILES string of the molecule is O=C(COc1ccc(Br)cc1Cl)NNC(=O)N1c2ccccc2Sc2ccccc21. The fourth-order valence-corrected chi connectivity index (χ4v) is 4.66. The van der Waals surface area contributed by atoms with Crippen molar-refractivity contribution in [1.29, 1.82) is 0 Å². The van der Waals surface area contributed by atoms with Crippen LogP contribution in [0.1, 0.15) is 0 Å². The second-order valence-electron chi connectivity index (χ2n) is 6.21. The first-order valence-electron chi connectivity index (χ1n) is 8.85. The summed E-state index contributed by atoms with van der Waals surface area (Å²) < 4.78 is 6.21. The Labute approximate surface area is 190 Å². The number of carbonyl (C=O) groups is 2. The van der Waals surface area contributed by atoms with E-state index in [2.05, 4.69) is 26.8 Å². The second-order valence-corrected chi connectivity index (χ2v) is 8.62. The highest BCUT2D eigenvalue weighted by Crippen LogP contribution is 2.47. The summed E-state index contributed by atoms with van der Waals surface area (Å²) in [6, 6.07) is 19.8. The van der Waals surface area contributed by atoms with Gasteiger partial charge in [-0.15, -0.1) is 0 Å². The number of hydrazine groups is 1. The lowest BCUT2D eigenvalue weighted by atomic mass is 10.2. The number of rotatable bonds is 3. The minimum Gasteiger partial charge on any atom is -0.482 e. The van der Waals surface area contributed by atoms with Gasteiger partial charge in [-0.2, -0.15) is 0 Å². The molecule has 0 unspecified atom stereocenters. The maximum atomic E-state index is 12.9. The number of hydrogen-bond donors (Lipinski definition) is 2. The van der Waals surface area contributed by atoms with Crippen molar-refractivity contribution in [3.05, 3.63) is 76.2 Å². The summed E-state index contributed by atoms with van der Waals surface area (Å²) in [5.74, 6) is -0.146. The van der Waals surface area contributed by atoms with Crippen LogP contribution in [0.5, 0.6) is 5.75 Å². The summed E-state index contributed by atoms with van der Waals surface area (Å²) >= 11 is 11.0. The summed E-state index contributed by atoms with van der Waals surface area (Å²) in [6.45, 7) is -0.301. The molecule has 0 radical (unpaired) electrons. The van der Waals surface area contributed by atoms with Crippen molar-refractivity contribution in [1.82, 2.24) is 10.9 Å². The summed E-state index contributed by atoms with van der Waals surface area (Å²) in [4.78, 5) is 28.5. The Balaban J connectivity index is 1.42. The fraction of sp³-hybridized carbons (Fsp3) is 0.0476. The number of hydrogen-bond acceptors (Lipinski definition) is 4. The quantitative estimate of drug-likeness (QED) is 0.461. The van der Waals surface area contributed by atoms with E-state index >= 15 is 0 Å². The molecule has 0 saturated carbocycles. The van der Waals surface area contributed by atoms with Crippen LogP contribution in [0.2, 0.25) is 5.02 Å². The maximum Gasteiger partial charge on any atom is 0.345 e. The Kier molecular flexibility index (Phi) is 6.17. The molecule has 3 aromatic rings. The van der Waals surface area contributed by atoms with Gasteiger partial charge in [0.2, 0.25) is 0 Å². The van der Waals surface area contributed by atoms with Crippen LogP contribution < -0.4 is 20.5 Å². The molecule has 0 spiro atoms. The number of fused-ring (bicyclic) bond motifs is 2. The zero-order valence-electron chi connectivity index (χ0n) is 15.4. The van der Waals surface area contributed by atoms with Gasteiger partial charge < -0.3 is 4.74 Å². The lowest BCUT2D eigenvalue weighted by Gasteiger charge is -2.30. The third-order valence-corrected chi connectivity index (χ3v) is 6.12. The van der Waals surface area contributed by atoms with Gasteiger partial charge in [0.25, 0.3) is 5.91 Å². The van der Waals surface area contributed by atoms with Crippen molar-refractivity contribution in [2.24, 2.45) is 0 Å². The number of carbonyl (C=O) groups excluding carboxylic acids is 2. The third kappa shape index (κ3) is 4.40. The number of nitrogens with zero attached hydrogens (tertiary/aromatic N) is 1. The number of urea groups is 1. The summed E-state index contributed by atoms with van der Waals surface area (Å²) in [6.07, 6.45) is 0. The predicted octanol–water partition coefficient (Wildman–Crippen LogP) is 5.53. The summed E-state index contributed by atoms with van der Waals surface area (Å²) in [7, 11) is 0. The van der Waals surface area contributed by atoms with Crippen molar-refractivity contribution in [3.8, 4) is 5.75 Å². The number of nitrogens with one attached hydrogen (secondary N) is 2. The molecule has 1 aliphatic rings. The molecule has 0 fully saturated rings. The first-order valence-corrected chi connectivity index (χ1v) is 10.8. The minimum absolute atomic E-state index is 0.301. The molecule has 4 rings (SSSR count). The van der Waals surface area contributed by atoms with Gasteiger partial charge in [-0.25, -0.2) is 10.2 Å².